The highest BCUT2D eigenvalue weighted by Crippen LogP contribution is 2.38. The highest BCUT2D eigenvalue weighted by atomic mass is 32.2. The second-order valence-corrected chi connectivity index (χ2v) is 10.1. The van der Waals surface area contributed by atoms with Crippen LogP contribution in [0.25, 0.3) is 0 Å². The minimum Gasteiger partial charge on any atom is -0.497 e. The van der Waals surface area contributed by atoms with Gasteiger partial charge in [-0.2, -0.15) is 4.31 Å². The number of nitrogens with zero attached hydrogens (tertiary/aromatic N) is 3. The molecule has 1 spiro atoms. The quantitative estimate of drug-likeness (QED) is 0.684. The number of rotatable bonds is 5. The van der Waals surface area contributed by atoms with Gasteiger partial charge >= 0.3 is 0 Å². The molecule has 0 bridgehead atoms. The summed E-state index contributed by atoms with van der Waals surface area (Å²) in [6, 6.07) is 14.8. The largest absolute Gasteiger partial charge is 0.497 e. The topological polar surface area (TPSA) is 80.6 Å². The molecular weight excluding hydrogens is 434 g/mol. The van der Waals surface area contributed by atoms with Crippen molar-refractivity contribution in [1.29, 1.82) is 0 Å². The number of methoxy groups -OCH3 is 2. The van der Waals surface area contributed by atoms with Crippen molar-refractivity contribution in [2.24, 2.45) is 9.98 Å². The smallest absolute Gasteiger partial charge is 0.246 e. The van der Waals surface area contributed by atoms with E-state index in [1.165, 1.54) is 24.6 Å². The van der Waals surface area contributed by atoms with Crippen molar-refractivity contribution in [3.8, 4) is 11.5 Å². The number of aliphatic imine (C=N–C) groups is 2. The van der Waals surface area contributed by atoms with Gasteiger partial charge in [0.15, 0.2) is 5.66 Å². The van der Waals surface area contributed by atoms with E-state index in [9.17, 15) is 8.42 Å². The Balaban J connectivity index is 1.59. The van der Waals surface area contributed by atoms with E-state index in [2.05, 4.69) is 0 Å². The van der Waals surface area contributed by atoms with Crippen LogP contribution < -0.4 is 9.47 Å². The van der Waals surface area contributed by atoms with Crippen LogP contribution in [0.1, 0.15) is 18.4 Å². The summed E-state index contributed by atoms with van der Waals surface area (Å²) in [5, 5.41) is 0.900. The number of piperidine rings is 1. The third kappa shape index (κ3) is 4.09. The Morgan fingerprint density at radius 1 is 1.00 bits per heavy atom. The van der Waals surface area contributed by atoms with Gasteiger partial charge in [-0.1, -0.05) is 30.3 Å². The molecule has 7 nitrogen and oxygen atoms in total. The van der Waals surface area contributed by atoms with Crippen molar-refractivity contribution in [1.82, 2.24) is 4.31 Å². The highest BCUT2D eigenvalue weighted by molar-refractivity contribution is 8.15. The van der Waals surface area contributed by atoms with Crippen LogP contribution in [0.3, 0.4) is 0 Å². The van der Waals surface area contributed by atoms with E-state index in [-0.39, 0.29) is 4.90 Å². The predicted molar refractivity (Wildman–Crippen MR) is 124 cm³/mol. The molecule has 31 heavy (non-hydrogen) atoms. The summed E-state index contributed by atoms with van der Waals surface area (Å²) in [7, 11) is -0.774. The molecule has 1 saturated heterocycles. The molecular formula is C22H25N3O4S2. The summed E-state index contributed by atoms with van der Waals surface area (Å²) in [6.45, 7) is 0.666. The maximum absolute atomic E-state index is 13.4. The normalized spacial score (nSPS) is 18.5. The van der Waals surface area contributed by atoms with Crippen LogP contribution in [-0.4, -0.2) is 62.7 Å². The van der Waals surface area contributed by atoms with Gasteiger partial charge < -0.3 is 9.47 Å². The lowest BCUT2D eigenvalue weighted by Gasteiger charge is -2.34. The van der Waals surface area contributed by atoms with Crippen LogP contribution in [0.15, 0.2) is 63.4 Å². The molecule has 1 fully saturated rings. The number of ether oxygens (including phenoxy) is 2. The van der Waals surface area contributed by atoms with E-state index < -0.39 is 15.7 Å². The average molecular weight is 460 g/mol. The van der Waals surface area contributed by atoms with Gasteiger partial charge in [0, 0.05) is 37.6 Å². The second kappa shape index (κ2) is 8.64. The monoisotopic (exact) mass is 459 g/mol. The van der Waals surface area contributed by atoms with E-state index >= 15 is 0 Å². The van der Waals surface area contributed by atoms with Gasteiger partial charge in [-0.25, -0.2) is 13.4 Å². The standard InChI is InChI=1S/C22H25N3O4S2/c1-28-17-9-10-18(29-2)19(15-17)31(26,27)25-13-11-22(12-14-25)23-20(21(24-22)30-3)16-7-5-4-6-8-16/h4-10,15H,11-14H2,1-3H3. The molecule has 4 rings (SSSR count). The molecule has 2 heterocycles. The lowest BCUT2D eigenvalue weighted by Crippen LogP contribution is -2.44. The third-order valence-electron chi connectivity index (χ3n) is 5.58. The first-order valence-electron chi connectivity index (χ1n) is 9.94. The Morgan fingerprint density at radius 2 is 1.71 bits per heavy atom. The van der Waals surface area contributed by atoms with Crippen LogP contribution >= 0.6 is 11.8 Å². The summed E-state index contributed by atoms with van der Waals surface area (Å²) in [6.07, 6.45) is 3.04. The summed E-state index contributed by atoms with van der Waals surface area (Å²) in [5.41, 5.74) is 1.32. The number of thioether (sulfide) groups is 1. The second-order valence-electron chi connectivity index (χ2n) is 7.35. The molecule has 2 aliphatic heterocycles. The van der Waals surface area contributed by atoms with Crippen molar-refractivity contribution >= 4 is 32.5 Å². The van der Waals surface area contributed by atoms with Gasteiger partial charge in [0.25, 0.3) is 0 Å². The van der Waals surface area contributed by atoms with Crippen LogP contribution in [0.5, 0.6) is 11.5 Å². The fraction of sp³-hybridized carbons (Fsp3) is 0.364. The lowest BCUT2D eigenvalue weighted by atomic mass is 10.00. The Morgan fingerprint density at radius 3 is 2.32 bits per heavy atom. The fourth-order valence-electron chi connectivity index (χ4n) is 3.88. The molecule has 0 unspecified atom stereocenters. The van der Waals surface area contributed by atoms with Crippen molar-refractivity contribution < 1.29 is 17.9 Å². The van der Waals surface area contributed by atoms with Crippen LogP contribution in [-0.2, 0) is 10.0 Å². The molecule has 0 N–H and O–H groups in total. The molecule has 0 radical (unpaired) electrons. The van der Waals surface area contributed by atoms with Gasteiger partial charge in [-0.15, -0.1) is 11.8 Å². The van der Waals surface area contributed by atoms with Crippen molar-refractivity contribution in [2.45, 2.75) is 23.4 Å². The highest BCUT2D eigenvalue weighted by Gasteiger charge is 2.42. The van der Waals surface area contributed by atoms with Crippen LogP contribution in [0.4, 0.5) is 0 Å². The van der Waals surface area contributed by atoms with Crippen molar-refractivity contribution in [3.05, 3.63) is 54.1 Å². The van der Waals surface area contributed by atoms with Gasteiger partial charge in [-0.05, 0) is 18.4 Å². The number of hydrogen-bond acceptors (Lipinski definition) is 7. The minimum atomic E-state index is -3.74. The van der Waals surface area contributed by atoms with Gasteiger partial charge in [0.1, 0.15) is 21.4 Å². The Hall–Kier alpha value is -2.36. The number of benzene rings is 2. The first-order valence-corrected chi connectivity index (χ1v) is 12.6. The Kier molecular flexibility index (Phi) is 6.09. The summed E-state index contributed by atoms with van der Waals surface area (Å²) < 4.78 is 38.7. The first kappa shape index (κ1) is 21.9. The van der Waals surface area contributed by atoms with Gasteiger partial charge in [0.05, 0.1) is 19.9 Å². The van der Waals surface area contributed by atoms with Crippen LogP contribution in [0, 0.1) is 0 Å². The molecule has 2 aliphatic rings. The lowest BCUT2D eigenvalue weighted by molar-refractivity contribution is 0.248. The molecule has 2 aromatic carbocycles. The Bertz CT molecular complexity index is 1120. The van der Waals surface area contributed by atoms with E-state index in [0.29, 0.717) is 37.4 Å². The van der Waals surface area contributed by atoms with E-state index in [1.54, 1.807) is 23.9 Å². The number of hydrogen-bond donors (Lipinski definition) is 0. The predicted octanol–water partition coefficient (Wildman–Crippen LogP) is 3.45. The average Bonchev–Trinajstić information content (AvgIpc) is 3.17. The molecule has 0 aliphatic carbocycles. The molecule has 0 saturated carbocycles. The van der Waals surface area contributed by atoms with E-state index in [4.69, 9.17) is 19.5 Å². The maximum Gasteiger partial charge on any atom is 0.246 e. The van der Waals surface area contributed by atoms with Crippen molar-refractivity contribution in [3.63, 3.8) is 0 Å². The molecule has 164 valence electrons. The minimum absolute atomic E-state index is 0.110. The number of sulfonamides is 1. The molecule has 0 aromatic heterocycles. The zero-order valence-corrected chi connectivity index (χ0v) is 19.4. The van der Waals surface area contributed by atoms with E-state index in [1.807, 2.05) is 36.6 Å². The molecule has 2 aromatic rings. The maximum atomic E-state index is 13.4. The molecule has 0 atom stereocenters. The first-order chi connectivity index (χ1) is 14.9. The molecule has 0 amide bonds. The Labute approximate surface area is 187 Å². The SMILES string of the molecule is COc1ccc(OC)c(S(=O)(=O)N2CCC3(CC2)N=C(SC)C(c2ccccc2)=N3)c1. The van der Waals surface area contributed by atoms with E-state index in [0.717, 1.165) is 16.3 Å². The summed E-state index contributed by atoms with van der Waals surface area (Å²) in [5.74, 6) is 0.768. The van der Waals surface area contributed by atoms with Crippen molar-refractivity contribution in [2.75, 3.05) is 33.6 Å². The van der Waals surface area contributed by atoms with Gasteiger partial charge in [-0.3, -0.25) is 4.99 Å². The zero-order chi connectivity index (χ0) is 22.1. The van der Waals surface area contributed by atoms with Gasteiger partial charge in [0.2, 0.25) is 10.0 Å². The fourth-order valence-corrected chi connectivity index (χ4v) is 6.11. The molecule has 9 heteroatoms. The zero-order valence-electron chi connectivity index (χ0n) is 17.7. The summed E-state index contributed by atoms with van der Waals surface area (Å²) >= 11 is 1.57. The van der Waals surface area contributed by atoms with Crippen LogP contribution in [0.2, 0.25) is 0 Å². The summed E-state index contributed by atoms with van der Waals surface area (Å²) in [4.78, 5) is 10.0. The third-order valence-corrected chi connectivity index (χ3v) is 8.18.